The van der Waals surface area contributed by atoms with Crippen LogP contribution in [0, 0.1) is 6.92 Å². The number of ether oxygens (including phenoxy) is 1. The molecule has 0 saturated heterocycles. The smallest absolute Gasteiger partial charge is 0.264 e. The molecular formula is C19H19N3O4S. The highest BCUT2D eigenvalue weighted by Crippen LogP contribution is 2.17. The molecule has 1 aromatic heterocycles. The minimum Gasteiger partial charge on any atom is -0.497 e. The number of para-hydroxylation sites is 1. The van der Waals surface area contributed by atoms with Gasteiger partial charge in [0, 0.05) is 6.07 Å². The van der Waals surface area contributed by atoms with E-state index in [1.54, 1.807) is 22.9 Å². The number of hydrogen-bond donors (Lipinski definition) is 1. The molecule has 0 unspecified atom stereocenters. The number of hydrogen-bond acceptors (Lipinski definition) is 5. The van der Waals surface area contributed by atoms with Crippen LogP contribution in [-0.2, 0) is 21.2 Å². The van der Waals surface area contributed by atoms with Crippen molar-refractivity contribution in [2.75, 3.05) is 7.11 Å². The van der Waals surface area contributed by atoms with E-state index >= 15 is 0 Å². The molecule has 7 nitrogen and oxygen atoms in total. The lowest BCUT2D eigenvalue weighted by atomic mass is 10.2. The van der Waals surface area contributed by atoms with Crippen molar-refractivity contribution in [2.45, 2.75) is 18.2 Å². The molecule has 0 fully saturated rings. The largest absolute Gasteiger partial charge is 0.497 e. The number of methoxy groups -OCH3 is 1. The molecule has 8 heteroatoms. The van der Waals surface area contributed by atoms with Gasteiger partial charge in [-0.15, -0.1) is 0 Å². The lowest BCUT2D eigenvalue weighted by Gasteiger charge is -2.10. The zero-order valence-electron chi connectivity index (χ0n) is 14.9. The summed E-state index contributed by atoms with van der Waals surface area (Å²) in [5.41, 5.74) is 2.12. The van der Waals surface area contributed by atoms with Gasteiger partial charge in [-0.3, -0.25) is 4.79 Å². The van der Waals surface area contributed by atoms with Gasteiger partial charge in [-0.2, -0.15) is 5.10 Å². The predicted octanol–water partition coefficient (Wildman–Crippen LogP) is 2.24. The molecule has 0 spiro atoms. The maximum Gasteiger partial charge on any atom is 0.264 e. The van der Waals surface area contributed by atoms with Crippen molar-refractivity contribution in [2.24, 2.45) is 0 Å². The molecule has 0 bridgehead atoms. The number of carbonyl (C=O) groups excluding carboxylic acids is 1. The SMILES string of the molecule is COc1cccc(S(=O)(=O)NC(=O)Cc2cc(C)nn2-c2ccccc2)c1. The second-order valence-corrected chi connectivity index (χ2v) is 7.59. The van der Waals surface area contributed by atoms with Gasteiger partial charge >= 0.3 is 0 Å². The Morgan fingerprint density at radius 3 is 2.56 bits per heavy atom. The molecule has 3 aromatic rings. The minimum atomic E-state index is -3.99. The Bertz CT molecular complexity index is 1060. The van der Waals surface area contributed by atoms with E-state index in [0.717, 1.165) is 11.4 Å². The summed E-state index contributed by atoms with van der Waals surface area (Å²) < 4.78 is 33.7. The lowest BCUT2D eigenvalue weighted by molar-refractivity contribution is -0.118. The van der Waals surface area contributed by atoms with Crippen molar-refractivity contribution >= 4 is 15.9 Å². The first-order valence-electron chi connectivity index (χ1n) is 8.20. The van der Waals surface area contributed by atoms with Gasteiger partial charge in [0.05, 0.1) is 35.5 Å². The van der Waals surface area contributed by atoms with E-state index in [0.29, 0.717) is 11.4 Å². The van der Waals surface area contributed by atoms with Crippen LogP contribution in [0.5, 0.6) is 5.75 Å². The number of aromatic nitrogens is 2. The van der Waals surface area contributed by atoms with Crippen molar-refractivity contribution < 1.29 is 17.9 Å². The Morgan fingerprint density at radius 2 is 1.85 bits per heavy atom. The van der Waals surface area contributed by atoms with Gasteiger partial charge in [0.25, 0.3) is 10.0 Å². The zero-order chi connectivity index (χ0) is 19.4. The van der Waals surface area contributed by atoms with Gasteiger partial charge in [-0.1, -0.05) is 24.3 Å². The predicted molar refractivity (Wildman–Crippen MR) is 100 cm³/mol. The highest BCUT2D eigenvalue weighted by atomic mass is 32.2. The number of nitrogens with one attached hydrogen (secondary N) is 1. The van der Waals surface area contributed by atoms with Crippen LogP contribution in [0.1, 0.15) is 11.4 Å². The van der Waals surface area contributed by atoms with Crippen LogP contribution >= 0.6 is 0 Å². The molecule has 0 atom stereocenters. The summed E-state index contributed by atoms with van der Waals surface area (Å²) in [6.45, 7) is 1.81. The molecular weight excluding hydrogens is 366 g/mol. The summed E-state index contributed by atoms with van der Waals surface area (Å²) in [7, 11) is -2.55. The Hall–Kier alpha value is -3.13. The molecule has 0 saturated carbocycles. The van der Waals surface area contributed by atoms with Crippen LogP contribution in [0.4, 0.5) is 0 Å². The van der Waals surface area contributed by atoms with E-state index in [2.05, 4.69) is 9.82 Å². The molecule has 2 aromatic carbocycles. The lowest BCUT2D eigenvalue weighted by Crippen LogP contribution is -2.32. The number of carbonyl (C=O) groups is 1. The Labute approximate surface area is 157 Å². The summed E-state index contributed by atoms with van der Waals surface area (Å²) in [6.07, 6.45) is -0.126. The van der Waals surface area contributed by atoms with E-state index in [-0.39, 0.29) is 11.3 Å². The van der Waals surface area contributed by atoms with Gasteiger partial charge in [-0.25, -0.2) is 17.8 Å². The fourth-order valence-electron chi connectivity index (χ4n) is 2.65. The summed E-state index contributed by atoms with van der Waals surface area (Å²) >= 11 is 0. The highest BCUT2D eigenvalue weighted by Gasteiger charge is 2.20. The van der Waals surface area contributed by atoms with E-state index in [4.69, 9.17) is 4.74 Å². The third-order valence-electron chi connectivity index (χ3n) is 3.85. The number of nitrogens with zero attached hydrogens (tertiary/aromatic N) is 2. The van der Waals surface area contributed by atoms with Crippen molar-refractivity contribution in [1.29, 1.82) is 0 Å². The maximum atomic E-state index is 12.5. The van der Waals surface area contributed by atoms with Crippen molar-refractivity contribution in [3.05, 3.63) is 72.1 Å². The number of aryl methyl sites for hydroxylation is 1. The van der Waals surface area contributed by atoms with Gasteiger partial charge in [0.1, 0.15) is 5.75 Å². The zero-order valence-corrected chi connectivity index (χ0v) is 15.7. The van der Waals surface area contributed by atoms with Gasteiger partial charge in [-0.05, 0) is 37.3 Å². The minimum absolute atomic E-state index is 0.0389. The normalized spacial score (nSPS) is 11.2. The summed E-state index contributed by atoms with van der Waals surface area (Å²) in [4.78, 5) is 12.3. The monoisotopic (exact) mass is 385 g/mol. The fourth-order valence-corrected chi connectivity index (χ4v) is 3.67. The first-order valence-corrected chi connectivity index (χ1v) is 9.68. The second-order valence-electron chi connectivity index (χ2n) is 5.91. The summed E-state index contributed by atoms with van der Waals surface area (Å²) in [6, 6.07) is 17.0. The third-order valence-corrected chi connectivity index (χ3v) is 5.22. The number of amides is 1. The molecule has 1 amide bonds. The molecule has 0 aliphatic heterocycles. The molecule has 0 radical (unpaired) electrons. The average molecular weight is 385 g/mol. The molecule has 3 rings (SSSR count). The Kier molecular flexibility index (Phi) is 5.27. The molecule has 27 heavy (non-hydrogen) atoms. The quantitative estimate of drug-likeness (QED) is 0.703. The van der Waals surface area contributed by atoms with Crippen molar-refractivity contribution in [3.63, 3.8) is 0 Å². The van der Waals surface area contributed by atoms with E-state index in [1.807, 2.05) is 37.3 Å². The van der Waals surface area contributed by atoms with E-state index < -0.39 is 15.9 Å². The fraction of sp³-hybridized carbons (Fsp3) is 0.158. The third kappa shape index (κ3) is 4.35. The summed E-state index contributed by atoms with van der Waals surface area (Å²) in [5, 5.41) is 4.38. The molecule has 0 aliphatic carbocycles. The van der Waals surface area contributed by atoms with Crippen LogP contribution in [0.25, 0.3) is 5.69 Å². The topological polar surface area (TPSA) is 90.3 Å². The van der Waals surface area contributed by atoms with Crippen LogP contribution < -0.4 is 9.46 Å². The molecule has 140 valence electrons. The second kappa shape index (κ2) is 7.63. The van der Waals surface area contributed by atoms with Crippen molar-refractivity contribution in [1.82, 2.24) is 14.5 Å². The Balaban J connectivity index is 1.80. The van der Waals surface area contributed by atoms with E-state index in [1.165, 1.54) is 19.2 Å². The highest BCUT2D eigenvalue weighted by molar-refractivity contribution is 7.90. The van der Waals surface area contributed by atoms with Gasteiger partial charge in [0.15, 0.2) is 0 Å². The number of benzene rings is 2. The standard InChI is InChI=1S/C19H19N3O4S/c1-14-11-16(22(20-14)15-7-4-3-5-8-15)12-19(23)21-27(24,25)18-10-6-9-17(13-18)26-2/h3-11,13H,12H2,1-2H3,(H,21,23). The maximum absolute atomic E-state index is 12.5. The molecule has 1 N–H and O–H groups in total. The number of sulfonamides is 1. The van der Waals surface area contributed by atoms with E-state index in [9.17, 15) is 13.2 Å². The molecule has 1 heterocycles. The van der Waals surface area contributed by atoms with Crippen LogP contribution in [0.3, 0.4) is 0 Å². The van der Waals surface area contributed by atoms with Crippen LogP contribution in [-0.4, -0.2) is 31.2 Å². The summed E-state index contributed by atoms with van der Waals surface area (Å²) in [5.74, 6) is -0.252. The number of rotatable bonds is 6. The Morgan fingerprint density at radius 1 is 1.11 bits per heavy atom. The van der Waals surface area contributed by atoms with Crippen LogP contribution in [0.2, 0.25) is 0 Å². The molecule has 0 aliphatic rings. The first-order chi connectivity index (χ1) is 12.9. The average Bonchev–Trinajstić information content (AvgIpc) is 3.02. The van der Waals surface area contributed by atoms with Gasteiger partial charge < -0.3 is 4.74 Å². The first kappa shape index (κ1) is 18.7. The van der Waals surface area contributed by atoms with Crippen molar-refractivity contribution in [3.8, 4) is 11.4 Å². The van der Waals surface area contributed by atoms with Gasteiger partial charge in [0.2, 0.25) is 5.91 Å². The van der Waals surface area contributed by atoms with Crippen LogP contribution in [0.15, 0.2) is 65.6 Å².